The van der Waals surface area contributed by atoms with Crippen molar-refractivity contribution in [2.75, 3.05) is 0 Å². The van der Waals surface area contributed by atoms with Gasteiger partial charge in [0.25, 0.3) is 6.04 Å². The van der Waals surface area contributed by atoms with Crippen LogP contribution >= 0.6 is 0 Å². The molecule has 1 aliphatic heterocycles. The van der Waals surface area contributed by atoms with E-state index in [1.54, 1.807) is 6.92 Å². The van der Waals surface area contributed by atoms with Crippen LogP contribution in [0.3, 0.4) is 0 Å². The van der Waals surface area contributed by atoms with E-state index < -0.39 is 22.5 Å². The third-order valence-electron chi connectivity index (χ3n) is 2.76. The van der Waals surface area contributed by atoms with Crippen LogP contribution in [-0.2, 0) is 9.53 Å². The van der Waals surface area contributed by atoms with E-state index in [0.29, 0.717) is 0 Å². The van der Waals surface area contributed by atoms with Gasteiger partial charge in [-0.25, -0.2) is 0 Å². The molecule has 0 amide bonds. The third-order valence-corrected chi connectivity index (χ3v) is 2.76. The molecule has 0 aromatic heterocycles. The molecule has 0 bridgehead atoms. The molecule has 0 spiro atoms. The minimum Gasteiger partial charge on any atom is -0.452 e. The second kappa shape index (κ2) is 2.97. The van der Waals surface area contributed by atoms with Gasteiger partial charge in [0, 0.05) is 4.92 Å². The standard InChI is InChI=1S/C8H13NO4/c1-5(2)8(3)6(9(11)12)4-7(10)13-8/h5-6H,4H2,1-3H3. The summed E-state index contributed by atoms with van der Waals surface area (Å²) in [5.41, 5.74) is -0.944. The van der Waals surface area contributed by atoms with Crippen molar-refractivity contribution in [3.05, 3.63) is 10.1 Å². The van der Waals surface area contributed by atoms with Crippen molar-refractivity contribution in [2.24, 2.45) is 5.92 Å². The molecule has 0 aromatic carbocycles. The van der Waals surface area contributed by atoms with Crippen molar-refractivity contribution in [3.8, 4) is 0 Å². The number of carbonyl (C=O) groups excluding carboxylic acids is 1. The first kappa shape index (κ1) is 9.95. The van der Waals surface area contributed by atoms with Crippen molar-refractivity contribution in [1.82, 2.24) is 0 Å². The lowest BCUT2D eigenvalue weighted by atomic mass is 9.86. The molecule has 74 valence electrons. The van der Waals surface area contributed by atoms with Crippen LogP contribution in [0.4, 0.5) is 0 Å². The highest BCUT2D eigenvalue weighted by atomic mass is 16.6. The number of hydrogen-bond acceptors (Lipinski definition) is 4. The molecular formula is C8H13NO4. The van der Waals surface area contributed by atoms with Crippen LogP contribution in [0.1, 0.15) is 27.2 Å². The van der Waals surface area contributed by atoms with Gasteiger partial charge in [-0.2, -0.15) is 0 Å². The molecular weight excluding hydrogens is 174 g/mol. The highest BCUT2D eigenvalue weighted by Crippen LogP contribution is 2.35. The lowest BCUT2D eigenvalue weighted by Gasteiger charge is -2.27. The Morgan fingerprint density at radius 1 is 1.69 bits per heavy atom. The van der Waals surface area contributed by atoms with Gasteiger partial charge in [0.15, 0.2) is 5.60 Å². The summed E-state index contributed by atoms with van der Waals surface area (Å²) in [7, 11) is 0. The summed E-state index contributed by atoms with van der Waals surface area (Å²) in [5.74, 6) is -0.521. The molecule has 1 aliphatic rings. The van der Waals surface area contributed by atoms with Gasteiger partial charge >= 0.3 is 5.97 Å². The van der Waals surface area contributed by atoms with Crippen molar-refractivity contribution in [3.63, 3.8) is 0 Å². The molecule has 13 heavy (non-hydrogen) atoms. The summed E-state index contributed by atoms with van der Waals surface area (Å²) in [6.07, 6.45) is -0.109. The van der Waals surface area contributed by atoms with Crippen molar-refractivity contribution in [1.29, 1.82) is 0 Å². The molecule has 1 fully saturated rings. The highest BCUT2D eigenvalue weighted by molar-refractivity contribution is 5.73. The first-order valence-corrected chi connectivity index (χ1v) is 4.23. The first-order chi connectivity index (χ1) is 5.88. The quantitative estimate of drug-likeness (QED) is 0.367. The topological polar surface area (TPSA) is 69.4 Å². The second-order valence-corrected chi connectivity index (χ2v) is 3.82. The van der Waals surface area contributed by atoms with Gasteiger partial charge in [0.2, 0.25) is 0 Å². The maximum absolute atomic E-state index is 11.0. The fourth-order valence-corrected chi connectivity index (χ4v) is 1.50. The lowest BCUT2D eigenvalue weighted by molar-refractivity contribution is -0.538. The minimum absolute atomic E-state index is 0.0469. The molecule has 0 aromatic rings. The zero-order valence-electron chi connectivity index (χ0n) is 7.94. The molecule has 0 saturated carbocycles. The monoisotopic (exact) mass is 187 g/mol. The van der Waals surface area contributed by atoms with Crippen molar-refractivity contribution < 1.29 is 14.5 Å². The van der Waals surface area contributed by atoms with Crippen LogP contribution in [0, 0.1) is 16.0 Å². The fourth-order valence-electron chi connectivity index (χ4n) is 1.50. The van der Waals surface area contributed by atoms with E-state index in [2.05, 4.69) is 0 Å². The molecule has 0 N–H and O–H groups in total. The molecule has 2 atom stereocenters. The van der Waals surface area contributed by atoms with E-state index in [0.717, 1.165) is 0 Å². The molecule has 5 heteroatoms. The fraction of sp³-hybridized carbons (Fsp3) is 0.875. The zero-order chi connectivity index (χ0) is 10.2. The number of rotatable bonds is 2. The summed E-state index contributed by atoms with van der Waals surface area (Å²) in [6.45, 7) is 5.25. The number of cyclic esters (lactones) is 1. The maximum Gasteiger partial charge on any atom is 0.313 e. The van der Waals surface area contributed by atoms with Crippen LogP contribution in [0.5, 0.6) is 0 Å². The van der Waals surface area contributed by atoms with E-state index >= 15 is 0 Å². The average molecular weight is 187 g/mol. The lowest BCUT2D eigenvalue weighted by Crippen LogP contribution is -2.45. The molecule has 0 aliphatic carbocycles. The Balaban J connectivity index is 2.95. The normalized spacial score (nSPS) is 33.5. The number of carbonyl (C=O) groups is 1. The Morgan fingerprint density at radius 2 is 2.23 bits per heavy atom. The zero-order valence-corrected chi connectivity index (χ0v) is 7.94. The van der Waals surface area contributed by atoms with Gasteiger partial charge in [0.1, 0.15) is 6.42 Å². The Labute approximate surface area is 76.2 Å². The predicted octanol–water partition coefficient (Wildman–Crippen LogP) is 0.993. The van der Waals surface area contributed by atoms with Crippen LogP contribution in [0.25, 0.3) is 0 Å². The summed E-state index contributed by atoms with van der Waals surface area (Å²) in [6, 6.07) is -0.903. The minimum atomic E-state index is -0.944. The van der Waals surface area contributed by atoms with Crippen molar-refractivity contribution in [2.45, 2.75) is 38.8 Å². The van der Waals surface area contributed by atoms with Gasteiger partial charge in [-0.05, 0) is 12.8 Å². The SMILES string of the molecule is CC(C)C1(C)OC(=O)CC1[N+](=O)[O-]. The molecule has 2 unspecified atom stereocenters. The summed E-state index contributed by atoms with van der Waals surface area (Å²) in [5, 5.41) is 10.6. The summed E-state index contributed by atoms with van der Waals surface area (Å²) in [4.78, 5) is 21.2. The van der Waals surface area contributed by atoms with Crippen LogP contribution in [0.15, 0.2) is 0 Å². The number of esters is 1. The molecule has 1 rings (SSSR count). The van der Waals surface area contributed by atoms with Crippen LogP contribution < -0.4 is 0 Å². The molecule has 1 heterocycles. The van der Waals surface area contributed by atoms with Crippen LogP contribution in [0.2, 0.25) is 0 Å². The second-order valence-electron chi connectivity index (χ2n) is 3.82. The van der Waals surface area contributed by atoms with Gasteiger partial charge in [0.05, 0.1) is 0 Å². The summed E-state index contributed by atoms with van der Waals surface area (Å²) >= 11 is 0. The highest BCUT2D eigenvalue weighted by Gasteiger charge is 2.55. The van der Waals surface area contributed by atoms with E-state index in [-0.39, 0.29) is 12.3 Å². The van der Waals surface area contributed by atoms with Crippen molar-refractivity contribution >= 4 is 5.97 Å². The largest absolute Gasteiger partial charge is 0.452 e. The van der Waals surface area contributed by atoms with Crippen LogP contribution in [-0.4, -0.2) is 22.5 Å². The van der Waals surface area contributed by atoms with E-state index in [4.69, 9.17) is 4.74 Å². The Kier molecular flexibility index (Phi) is 2.28. The molecule has 5 nitrogen and oxygen atoms in total. The number of nitro groups is 1. The van der Waals surface area contributed by atoms with E-state index in [1.165, 1.54) is 0 Å². The molecule has 1 saturated heterocycles. The number of nitrogens with zero attached hydrogens (tertiary/aromatic N) is 1. The van der Waals surface area contributed by atoms with E-state index in [1.807, 2.05) is 13.8 Å². The third kappa shape index (κ3) is 1.50. The predicted molar refractivity (Wildman–Crippen MR) is 44.7 cm³/mol. The average Bonchev–Trinajstić information content (AvgIpc) is 2.27. The Hall–Kier alpha value is -1.13. The molecule has 0 radical (unpaired) electrons. The Bertz CT molecular complexity index is 251. The van der Waals surface area contributed by atoms with Gasteiger partial charge < -0.3 is 4.74 Å². The number of ether oxygens (including phenoxy) is 1. The summed E-state index contributed by atoms with van der Waals surface area (Å²) < 4.78 is 5.00. The van der Waals surface area contributed by atoms with Gasteiger partial charge in [-0.1, -0.05) is 13.8 Å². The van der Waals surface area contributed by atoms with E-state index in [9.17, 15) is 14.9 Å². The number of hydrogen-bond donors (Lipinski definition) is 0. The van der Waals surface area contributed by atoms with Gasteiger partial charge in [-0.15, -0.1) is 0 Å². The Morgan fingerprint density at radius 3 is 2.54 bits per heavy atom. The van der Waals surface area contributed by atoms with Gasteiger partial charge in [-0.3, -0.25) is 14.9 Å². The first-order valence-electron chi connectivity index (χ1n) is 4.23. The maximum atomic E-state index is 11.0. The smallest absolute Gasteiger partial charge is 0.313 e.